The zero-order valence-corrected chi connectivity index (χ0v) is 17.1. The van der Waals surface area contributed by atoms with Gasteiger partial charge in [-0.05, 0) is 24.0 Å². The fraction of sp³-hybridized carbons (Fsp3) is 0.440. The van der Waals surface area contributed by atoms with E-state index >= 15 is 0 Å². The Labute approximate surface area is 165 Å². The molecule has 0 radical (unpaired) electrons. The number of hydrogen-bond donors (Lipinski definition) is 0. The first-order chi connectivity index (χ1) is 13.2. The van der Waals surface area contributed by atoms with Gasteiger partial charge in [-0.1, -0.05) is 87.4 Å². The highest BCUT2D eigenvalue weighted by Crippen LogP contribution is 2.44. The van der Waals surface area contributed by atoms with Gasteiger partial charge in [0.15, 0.2) is 0 Å². The number of unbranched alkanes of at least 4 members (excludes halogenated alkanes) is 2. The summed E-state index contributed by atoms with van der Waals surface area (Å²) in [7, 11) is 2.25. The third kappa shape index (κ3) is 4.05. The largest absolute Gasteiger partial charge is 0.356 e. The molecule has 1 aliphatic rings. The minimum atomic E-state index is -0.0504. The highest BCUT2D eigenvalue weighted by atomic mass is 15.4. The van der Waals surface area contributed by atoms with Crippen molar-refractivity contribution in [3.8, 4) is 0 Å². The first kappa shape index (κ1) is 19.5. The Bertz CT molecular complexity index is 710. The van der Waals surface area contributed by atoms with Gasteiger partial charge >= 0.3 is 0 Å². The number of hydrogen-bond acceptors (Lipinski definition) is 2. The van der Waals surface area contributed by atoms with Gasteiger partial charge in [0.05, 0.1) is 0 Å². The van der Waals surface area contributed by atoms with E-state index in [1.54, 1.807) is 0 Å². The van der Waals surface area contributed by atoms with Crippen molar-refractivity contribution in [2.24, 2.45) is 0 Å². The Hall–Kier alpha value is -2.22. The quantitative estimate of drug-likeness (QED) is 0.503. The number of likely N-dealkylation sites (N-methyl/N-ethyl adjacent to an activating group) is 1. The molecule has 2 unspecified atom stereocenters. The zero-order valence-electron chi connectivity index (χ0n) is 17.1. The van der Waals surface area contributed by atoms with Crippen LogP contribution in [0, 0.1) is 0 Å². The minimum Gasteiger partial charge on any atom is -0.356 e. The van der Waals surface area contributed by atoms with Crippen LogP contribution in [0.4, 0.5) is 0 Å². The first-order valence-electron chi connectivity index (χ1n) is 10.5. The molecule has 2 aromatic carbocycles. The van der Waals surface area contributed by atoms with Crippen molar-refractivity contribution < 1.29 is 0 Å². The van der Waals surface area contributed by atoms with Gasteiger partial charge in [0, 0.05) is 38.3 Å². The monoisotopic (exact) mass is 362 g/mol. The molecule has 1 aliphatic heterocycles. The second kappa shape index (κ2) is 9.12. The van der Waals surface area contributed by atoms with Gasteiger partial charge in [-0.3, -0.25) is 0 Å². The molecule has 27 heavy (non-hydrogen) atoms. The zero-order chi connectivity index (χ0) is 19.1. The summed E-state index contributed by atoms with van der Waals surface area (Å²) < 4.78 is 0. The van der Waals surface area contributed by atoms with Crippen LogP contribution in [0.25, 0.3) is 0 Å². The van der Waals surface area contributed by atoms with E-state index in [9.17, 15) is 0 Å². The summed E-state index contributed by atoms with van der Waals surface area (Å²) in [5.41, 5.74) is 2.79. The molecule has 0 fully saturated rings. The topological polar surface area (TPSA) is 6.48 Å². The molecule has 0 amide bonds. The molecule has 3 rings (SSSR count). The Morgan fingerprint density at radius 3 is 2.15 bits per heavy atom. The standard InChI is InChI=1S/C25H34N2/c1-4-6-13-18-27-20-19-26(3)25(27,21-22-14-9-7-10-15-22)24(5-2)23-16-11-8-12-17-23/h7-12,14-17,19-20,24H,4-6,13,18,21H2,1-3H3. The smallest absolute Gasteiger partial charge is 0.123 e. The van der Waals surface area contributed by atoms with Crippen molar-refractivity contribution in [1.82, 2.24) is 9.80 Å². The molecular weight excluding hydrogens is 328 g/mol. The second-order valence-corrected chi connectivity index (χ2v) is 7.72. The van der Waals surface area contributed by atoms with Gasteiger partial charge in [-0.15, -0.1) is 0 Å². The van der Waals surface area contributed by atoms with E-state index in [1.165, 1.54) is 30.4 Å². The van der Waals surface area contributed by atoms with Crippen LogP contribution in [-0.4, -0.2) is 29.1 Å². The predicted molar refractivity (Wildman–Crippen MR) is 115 cm³/mol. The van der Waals surface area contributed by atoms with Crippen LogP contribution < -0.4 is 0 Å². The normalized spacial score (nSPS) is 20.3. The van der Waals surface area contributed by atoms with Crippen LogP contribution in [0.15, 0.2) is 73.1 Å². The summed E-state index contributed by atoms with van der Waals surface area (Å²) in [6.45, 7) is 5.73. The van der Waals surface area contributed by atoms with Gasteiger partial charge in [-0.25, -0.2) is 0 Å². The van der Waals surface area contributed by atoms with Crippen LogP contribution in [0.1, 0.15) is 56.6 Å². The van der Waals surface area contributed by atoms with Crippen LogP contribution in [0.5, 0.6) is 0 Å². The van der Waals surface area contributed by atoms with Gasteiger partial charge in [0.2, 0.25) is 0 Å². The van der Waals surface area contributed by atoms with Crippen molar-refractivity contribution in [3.05, 3.63) is 84.2 Å². The average molecular weight is 363 g/mol. The fourth-order valence-corrected chi connectivity index (χ4v) is 4.65. The van der Waals surface area contributed by atoms with Crippen LogP contribution in [-0.2, 0) is 6.42 Å². The highest BCUT2D eigenvalue weighted by molar-refractivity contribution is 5.30. The minimum absolute atomic E-state index is 0.0504. The molecule has 2 nitrogen and oxygen atoms in total. The molecule has 2 atom stereocenters. The SMILES string of the molecule is CCCCCN1C=CN(C)C1(Cc1ccccc1)C(CC)c1ccccc1. The summed E-state index contributed by atoms with van der Waals surface area (Å²) in [5.74, 6) is 0.445. The van der Waals surface area contributed by atoms with E-state index in [0.717, 1.165) is 19.4 Å². The Morgan fingerprint density at radius 2 is 1.52 bits per heavy atom. The van der Waals surface area contributed by atoms with Crippen molar-refractivity contribution in [2.75, 3.05) is 13.6 Å². The molecule has 0 N–H and O–H groups in total. The van der Waals surface area contributed by atoms with E-state index in [2.05, 4.69) is 104 Å². The maximum absolute atomic E-state index is 2.62. The lowest BCUT2D eigenvalue weighted by atomic mass is 9.78. The van der Waals surface area contributed by atoms with Gasteiger partial charge in [-0.2, -0.15) is 0 Å². The maximum atomic E-state index is 2.62. The molecule has 1 heterocycles. The predicted octanol–water partition coefficient (Wildman–Crippen LogP) is 6.03. The third-order valence-corrected chi connectivity index (χ3v) is 6.06. The molecule has 2 aromatic rings. The van der Waals surface area contributed by atoms with Gasteiger partial charge in [0.1, 0.15) is 5.66 Å². The molecule has 0 bridgehead atoms. The molecule has 0 aliphatic carbocycles. The van der Waals surface area contributed by atoms with E-state index in [-0.39, 0.29) is 5.66 Å². The van der Waals surface area contributed by atoms with Crippen molar-refractivity contribution >= 4 is 0 Å². The molecule has 0 aromatic heterocycles. The average Bonchev–Trinajstić information content (AvgIpc) is 3.01. The first-order valence-corrected chi connectivity index (χ1v) is 10.5. The number of nitrogens with zero attached hydrogens (tertiary/aromatic N) is 2. The summed E-state index contributed by atoms with van der Waals surface area (Å²) in [4.78, 5) is 5.09. The molecule has 144 valence electrons. The molecule has 0 spiro atoms. The van der Waals surface area contributed by atoms with Crippen LogP contribution in [0.2, 0.25) is 0 Å². The lowest BCUT2D eigenvalue weighted by Crippen LogP contribution is -2.58. The van der Waals surface area contributed by atoms with E-state index in [1.807, 2.05) is 0 Å². The summed E-state index contributed by atoms with van der Waals surface area (Å²) in [6.07, 6.45) is 10.5. The number of rotatable bonds is 9. The lowest BCUT2D eigenvalue weighted by Gasteiger charge is -2.50. The van der Waals surface area contributed by atoms with Gasteiger partial charge < -0.3 is 9.80 Å². The molecular formula is C25H34N2. The Kier molecular flexibility index (Phi) is 6.60. The summed E-state index contributed by atoms with van der Waals surface area (Å²) in [6, 6.07) is 22.1. The summed E-state index contributed by atoms with van der Waals surface area (Å²) in [5, 5.41) is 0. The molecule has 2 heteroatoms. The van der Waals surface area contributed by atoms with E-state index in [4.69, 9.17) is 0 Å². The Balaban J connectivity index is 2.01. The molecule has 0 saturated heterocycles. The van der Waals surface area contributed by atoms with E-state index in [0.29, 0.717) is 5.92 Å². The lowest BCUT2D eigenvalue weighted by molar-refractivity contribution is 0.0121. The van der Waals surface area contributed by atoms with Crippen molar-refractivity contribution in [1.29, 1.82) is 0 Å². The highest BCUT2D eigenvalue weighted by Gasteiger charge is 2.47. The van der Waals surface area contributed by atoms with Crippen LogP contribution in [0.3, 0.4) is 0 Å². The van der Waals surface area contributed by atoms with Gasteiger partial charge in [0.25, 0.3) is 0 Å². The summed E-state index contributed by atoms with van der Waals surface area (Å²) >= 11 is 0. The third-order valence-electron chi connectivity index (χ3n) is 6.06. The van der Waals surface area contributed by atoms with Crippen LogP contribution >= 0.6 is 0 Å². The Morgan fingerprint density at radius 1 is 0.852 bits per heavy atom. The van der Waals surface area contributed by atoms with E-state index < -0.39 is 0 Å². The maximum Gasteiger partial charge on any atom is 0.123 e. The van der Waals surface area contributed by atoms with Crippen molar-refractivity contribution in [2.45, 2.75) is 57.5 Å². The number of benzene rings is 2. The second-order valence-electron chi connectivity index (χ2n) is 7.72. The fourth-order valence-electron chi connectivity index (χ4n) is 4.65. The molecule has 0 saturated carbocycles. The van der Waals surface area contributed by atoms with Crippen molar-refractivity contribution in [3.63, 3.8) is 0 Å².